The van der Waals surface area contributed by atoms with Crippen LogP contribution in [0.5, 0.6) is 0 Å². The first-order valence-electron chi connectivity index (χ1n) is 9.78. The smallest absolute Gasteiger partial charge is 0.146 e. The van der Waals surface area contributed by atoms with E-state index in [-0.39, 0.29) is 5.60 Å². The van der Waals surface area contributed by atoms with Gasteiger partial charge in [0.15, 0.2) is 0 Å². The van der Waals surface area contributed by atoms with Gasteiger partial charge in [-0.05, 0) is 32.4 Å². The molecular formula is C19H42OSSi. The highest BCUT2D eigenvalue weighted by Gasteiger charge is 2.13. The average Bonchev–Trinajstić information content (AvgIpc) is 2.51. The lowest BCUT2D eigenvalue weighted by Crippen LogP contribution is -2.22. The molecule has 0 N–H and O–H groups in total. The van der Waals surface area contributed by atoms with Crippen molar-refractivity contribution < 1.29 is 4.43 Å². The molecule has 0 spiro atoms. The third-order valence-electron chi connectivity index (χ3n) is 4.74. The topological polar surface area (TPSA) is 9.23 Å². The molecule has 1 nitrogen and oxygen atoms in total. The Morgan fingerprint density at radius 3 is 1.27 bits per heavy atom. The number of hydrogen-bond acceptors (Lipinski definition) is 2. The van der Waals surface area contributed by atoms with Gasteiger partial charge in [0.25, 0.3) is 0 Å². The van der Waals surface area contributed by atoms with Crippen LogP contribution in [0.15, 0.2) is 0 Å². The minimum Gasteiger partial charge on any atom is -0.423 e. The standard InChI is InChI=1S/C19H42OSSi/c1-19(2,20-22)17-15-13-11-9-7-5-3-4-6-8-10-12-14-16-18-21/h21H,3-18H2,1-2,22H3. The zero-order valence-corrected chi connectivity index (χ0v) is 18.6. The van der Waals surface area contributed by atoms with Crippen LogP contribution < -0.4 is 0 Å². The quantitative estimate of drug-likeness (QED) is 0.198. The summed E-state index contributed by atoms with van der Waals surface area (Å²) in [4.78, 5) is 0. The van der Waals surface area contributed by atoms with E-state index >= 15 is 0 Å². The molecule has 134 valence electrons. The predicted molar refractivity (Wildman–Crippen MR) is 108 cm³/mol. The molecule has 0 aromatic heterocycles. The Morgan fingerprint density at radius 1 is 0.636 bits per heavy atom. The second kappa shape index (κ2) is 16.4. The summed E-state index contributed by atoms with van der Waals surface area (Å²) in [6.07, 6.45) is 21.1. The van der Waals surface area contributed by atoms with Crippen LogP contribution in [-0.4, -0.2) is 21.8 Å². The second-order valence-corrected chi connectivity index (χ2v) is 8.24. The van der Waals surface area contributed by atoms with E-state index in [1.54, 1.807) is 0 Å². The fraction of sp³-hybridized carbons (Fsp3) is 1.00. The Labute approximate surface area is 149 Å². The Bertz CT molecular complexity index is 221. The molecule has 0 saturated heterocycles. The van der Waals surface area contributed by atoms with Crippen molar-refractivity contribution >= 4 is 23.1 Å². The summed E-state index contributed by atoms with van der Waals surface area (Å²) < 4.78 is 5.59. The first kappa shape index (κ1) is 22.5. The van der Waals surface area contributed by atoms with Crippen LogP contribution in [0.1, 0.15) is 110 Å². The van der Waals surface area contributed by atoms with E-state index in [9.17, 15) is 0 Å². The zero-order valence-electron chi connectivity index (χ0n) is 15.7. The highest BCUT2D eigenvalue weighted by molar-refractivity contribution is 7.80. The summed E-state index contributed by atoms with van der Waals surface area (Å²) >= 11 is 4.25. The molecule has 0 aliphatic heterocycles. The third-order valence-corrected chi connectivity index (χ3v) is 6.16. The lowest BCUT2D eigenvalue weighted by molar-refractivity contribution is 0.109. The van der Waals surface area contributed by atoms with Crippen LogP contribution in [0, 0.1) is 0 Å². The molecule has 0 rings (SSSR count). The van der Waals surface area contributed by atoms with Crippen LogP contribution >= 0.6 is 12.6 Å². The average molecular weight is 347 g/mol. The molecule has 0 unspecified atom stereocenters. The van der Waals surface area contributed by atoms with Crippen molar-refractivity contribution in [2.75, 3.05) is 5.75 Å². The molecule has 0 bridgehead atoms. The van der Waals surface area contributed by atoms with Gasteiger partial charge in [-0.2, -0.15) is 12.6 Å². The Balaban J connectivity index is 3.06. The predicted octanol–water partition coefficient (Wildman–Crippen LogP) is 5.84. The van der Waals surface area contributed by atoms with Crippen molar-refractivity contribution in [2.24, 2.45) is 0 Å². The number of thiol groups is 1. The fourth-order valence-corrected chi connectivity index (χ4v) is 3.31. The maximum absolute atomic E-state index is 5.59. The molecule has 0 aliphatic carbocycles. The Hall–Kier alpha value is 0.527. The summed E-state index contributed by atoms with van der Waals surface area (Å²) in [6.45, 7) is 4.45. The lowest BCUT2D eigenvalue weighted by Gasteiger charge is -2.23. The second-order valence-electron chi connectivity index (χ2n) is 7.39. The number of hydrogen-bond donors (Lipinski definition) is 1. The molecule has 3 heteroatoms. The minimum atomic E-state index is 0.138. The van der Waals surface area contributed by atoms with Gasteiger partial charge in [0, 0.05) is 5.60 Å². The van der Waals surface area contributed by atoms with E-state index in [0.717, 1.165) is 16.2 Å². The molecule has 0 amide bonds. The number of rotatable bonds is 17. The van der Waals surface area contributed by atoms with Crippen LogP contribution in [-0.2, 0) is 4.43 Å². The van der Waals surface area contributed by atoms with Gasteiger partial charge in [0.05, 0.1) is 0 Å². The molecule has 22 heavy (non-hydrogen) atoms. The van der Waals surface area contributed by atoms with Gasteiger partial charge in [0.1, 0.15) is 10.5 Å². The van der Waals surface area contributed by atoms with Crippen molar-refractivity contribution in [1.29, 1.82) is 0 Å². The van der Waals surface area contributed by atoms with E-state index in [1.807, 2.05) is 0 Å². The van der Waals surface area contributed by atoms with Gasteiger partial charge in [-0.15, -0.1) is 0 Å². The van der Waals surface area contributed by atoms with Crippen LogP contribution in [0.25, 0.3) is 0 Å². The normalized spacial score (nSPS) is 12.1. The third kappa shape index (κ3) is 16.9. The lowest BCUT2D eigenvalue weighted by atomic mass is 9.99. The summed E-state index contributed by atoms with van der Waals surface area (Å²) in [5, 5.41) is 0. The van der Waals surface area contributed by atoms with Crippen LogP contribution in [0.4, 0.5) is 0 Å². The molecule has 0 radical (unpaired) electrons. The van der Waals surface area contributed by atoms with Crippen LogP contribution in [0.2, 0.25) is 0 Å². The molecule has 0 heterocycles. The largest absolute Gasteiger partial charge is 0.423 e. The van der Waals surface area contributed by atoms with E-state index in [1.165, 1.54) is 96.3 Å². The SMILES string of the molecule is CC(C)(CCCCCCCCCCCCCCCCS)O[SiH3]. The first-order valence-corrected chi connectivity index (χ1v) is 11.2. The van der Waals surface area contributed by atoms with Gasteiger partial charge >= 0.3 is 0 Å². The molecule has 0 aliphatic rings. The van der Waals surface area contributed by atoms with Crippen LogP contribution in [0.3, 0.4) is 0 Å². The van der Waals surface area contributed by atoms with Crippen molar-refractivity contribution in [3.63, 3.8) is 0 Å². The van der Waals surface area contributed by atoms with Crippen molar-refractivity contribution in [2.45, 2.75) is 116 Å². The van der Waals surface area contributed by atoms with Gasteiger partial charge in [0.2, 0.25) is 0 Å². The molecule has 0 fully saturated rings. The molecule has 0 atom stereocenters. The molecule has 0 saturated carbocycles. The molecular weight excluding hydrogens is 304 g/mol. The van der Waals surface area contributed by atoms with E-state index in [4.69, 9.17) is 4.43 Å². The monoisotopic (exact) mass is 346 g/mol. The highest BCUT2D eigenvalue weighted by Crippen LogP contribution is 2.18. The van der Waals surface area contributed by atoms with Gasteiger partial charge in [-0.1, -0.05) is 83.5 Å². The van der Waals surface area contributed by atoms with Gasteiger partial charge in [-0.25, -0.2) is 0 Å². The Morgan fingerprint density at radius 2 is 0.955 bits per heavy atom. The highest BCUT2D eigenvalue weighted by atomic mass is 32.1. The van der Waals surface area contributed by atoms with Gasteiger partial charge < -0.3 is 4.43 Å². The first-order chi connectivity index (χ1) is 10.6. The number of unbranched alkanes of at least 4 members (excludes halogenated alkanes) is 13. The summed E-state index contributed by atoms with van der Waals surface area (Å²) in [5.41, 5.74) is 0.138. The summed E-state index contributed by atoms with van der Waals surface area (Å²) in [5.74, 6) is 1.06. The molecule has 0 aromatic carbocycles. The van der Waals surface area contributed by atoms with E-state index in [0.29, 0.717) is 0 Å². The van der Waals surface area contributed by atoms with Crippen molar-refractivity contribution in [1.82, 2.24) is 0 Å². The van der Waals surface area contributed by atoms with E-state index < -0.39 is 0 Å². The summed E-state index contributed by atoms with van der Waals surface area (Å²) in [7, 11) is 0.865. The maximum Gasteiger partial charge on any atom is 0.146 e. The Kier molecular flexibility index (Phi) is 16.8. The van der Waals surface area contributed by atoms with Crippen molar-refractivity contribution in [3.8, 4) is 0 Å². The zero-order chi connectivity index (χ0) is 16.5. The fourth-order valence-electron chi connectivity index (χ4n) is 2.89. The van der Waals surface area contributed by atoms with Crippen molar-refractivity contribution in [3.05, 3.63) is 0 Å². The van der Waals surface area contributed by atoms with Gasteiger partial charge in [-0.3, -0.25) is 0 Å². The van der Waals surface area contributed by atoms with E-state index in [2.05, 4.69) is 26.5 Å². The molecule has 0 aromatic rings. The minimum absolute atomic E-state index is 0.138. The maximum atomic E-state index is 5.59. The summed E-state index contributed by atoms with van der Waals surface area (Å²) in [6, 6.07) is 0.